The van der Waals surface area contributed by atoms with E-state index < -0.39 is 0 Å². The molecular formula is C28H57N4O3+. The highest BCUT2D eigenvalue weighted by Crippen LogP contribution is 2.10. The molecule has 7 heteroatoms. The molecule has 2 amide bonds. The van der Waals surface area contributed by atoms with Crippen LogP contribution in [0.15, 0.2) is 12.2 Å². The summed E-state index contributed by atoms with van der Waals surface area (Å²) in [6, 6.07) is 0. The Labute approximate surface area is 216 Å². The van der Waals surface area contributed by atoms with E-state index in [0.29, 0.717) is 25.9 Å². The summed E-state index contributed by atoms with van der Waals surface area (Å²) < 4.78 is 0.945. The van der Waals surface area contributed by atoms with Gasteiger partial charge < -0.3 is 20.3 Å². The molecule has 0 heterocycles. The van der Waals surface area contributed by atoms with Gasteiger partial charge in [-0.2, -0.15) is 5.06 Å². The fraction of sp³-hybridized carbons (Fsp3) is 0.857. The van der Waals surface area contributed by atoms with Gasteiger partial charge in [-0.1, -0.05) is 50.7 Å². The van der Waals surface area contributed by atoms with Crippen molar-refractivity contribution in [3.05, 3.63) is 12.2 Å². The van der Waals surface area contributed by atoms with Gasteiger partial charge in [0.25, 0.3) is 0 Å². The van der Waals surface area contributed by atoms with Crippen molar-refractivity contribution in [3.63, 3.8) is 0 Å². The Morgan fingerprint density at radius 1 is 0.686 bits per heavy atom. The van der Waals surface area contributed by atoms with Crippen LogP contribution in [0.2, 0.25) is 0 Å². The monoisotopic (exact) mass is 497 g/mol. The summed E-state index contributed by atoms with van der Waals surface area (Å²) in [5, 5.41) is 16.1. The molecular weight excluding hydrogens is 440 g/mol. The first kappa shape index (κ1) is 33.6. The summed E-state index contributed by atoms with van der Waals surface area (Å²) in [6.45, 7) is 3.09. The van der Waals surface area contributed by atoms with Gasteiger partial charge in [-0.25, -0.2) is 0 Å². The Bertz CT molecular complexity index is 545. The first-order valence-corrected chi connectivity index (χ1v) is 14.1. The van der Waals surface area contributed by atoms with Gasteiger partial charge in [0.05, 0.1) is 27.7 Å². The number of unbranched alkanes of at least 4 members (excludes halogenated alkanes) is 10. The molecule has 206 valence electrons. The zero-order chi connectivity index (χ0) is 26.2. The molecule has 0 saturated carbocycles. The second-order valence-electron chi connectivity index (χ2n) is 10.9. The second kappa shape index (κ2) is 23.0. The Morgan fingerprint density at radius 3 is 1.57 bits per heavy atom. The number of hydroxylamine groups is 2. The number of quaternary nitrogens is 1. The minimum atomic E-state index is 0.126. The van der Waals surface area contributed by atoms with Crippen molar-refractivity contribution in [1.29, 1.82) is 0 Å². The number of nitrogens with one attached hydrogen (secondary N) is 2. The highest BCUT2D eigenvalue weighted by atomic mass is 16.5. The normalized spacial score (nSPS) is 11.9. The molecule has 7 nitrogen and oxygen atoms in total. The zero-order valence-electron chi connectivity index (χ0n) is 23.5. The maximum Gasteiger partial charge on any atom is 0.219 e. The van der Waals surface area contributed by atoms with Gasteiger partial charge in [-0.15, -0.1) is 0 Å². The van der Waals surface area contributed by atoms with Gasteiger partial charge in [0.2, 0.25) is 11.8 Å². The molecule has 0 spiro atoms. The van der Waals surface area contributed by atoms with Gasteiger partial charge in [0, 0.05) is 45.9 Å². The van der Waals surface area contributed by atoms with E-state index in [1.807, 2.05) is 0 Å². The SMILES string of the molecule is CN(O)CCCNC(=O)CCCCCCC/C=C/CCCCCCCC(=O)NCCC[N+](C)(C)C. The molecule has 35 heavy (non-hydrogen) atoms. The first-order valence-electron chi connectivity index (χ1n) is 14.1. The predicted octanol–water partition coefficient (Wildman–Crippen LogP) is 5.04. The van der Waals surface area contributed by atoms with Crippen LogP contribution in [-0.2, 0) is 9.59 Å². The summed E-state index contributed by atoms with van der Waals surface area (Å²) in [5.41, 5.74) is 0. The maximum atomic E-state index is 11.8. The summed E-state index contributed by atoms with van der Waals surface area (Å²) in [5.74, 6) is 0.332. The van der Waals surface area contributed by atoms with Gasteiger partial charge >= 0.3 is 0 Å². The molecule has 3 N–H and O–H groups in total. The van der Waals surface area contributed by atoms with Crippen LogP contribution in [0.1, 0.15) is 103 Å². The molecule has 0 aliphatic carbocycles. The molecule has 0 bridgehead atoms. The number of carbonyl (C=O) groups excluding carboxylic acids is 2. The van der Waals surface area contributed by atoms with Crippen molar-refractivity contribution >= 4 is 11.8 Å². The average molecular weight is 498 g/mol. The maximum absolute atomic E-state index is 11.8. The lowest BCUT2D eigenvalue weighted by Gasteiger charge is -2.23. The highest BCUT2D eigenvalue weighted by Gasteiger charge is 2.06. The number of hydrogen-bond acceptors (Lipinski definition) is 4. The van der Waals surface area contributed by atoms with Crippen LogP contribution in [0.4, 0.5) is 0 Å². The van der Waals surface area contributed by atoms with Gasteiger partial charge in [-0.3, -0.25) is 9.59 Å². The molecule has 0 unspecified atom stereocenters. The van der Waals surface area contributed by atoms with Crippen LogP contribution in [0.3, 0.4) is 0 Å². The first-order chi connectivity index (χ1) is 16.7. The average Bonchev–Trinajstić information content (AvgIpc) is 2.78. The lowest BCUT2D eigenvalue weighted by molar-refractivity contribution is -0.870. The van der Waals surface area contributed by atoms with Gasteiger partial charge in [0.15, 0.2) is 0 Å². The number of hydrogen-bond donors (Lipinski definition) is 3. The van der Waals surface area contributed by atoms with E-state index in [9.17, 15) is 9.59 Å². The van der Waals surface area contributed by atoms with E-state index >= 15 is 0 Å². The molecule has 0 aromatic rings. The quantitative estimate of drug-likeness (QED) is 0.0755. The number of rotatable bonds is 24. The fourth-order valence-electron chi connectivity index (χ4n) is 3.89. The molecule has 0 aromatic carbocycles. The molecule has 0 aliphatic rings. The topological polar surface area (TPSA) is 81.7 Å². The van der Waals surface area contributed by atoms with Crippen molar-refractivity contribution in [1.82, 2.24) is 15.7 Å². The van der Waals surface area contributed by atoms with Gasteiger partial charge in [-0.05, 0) is 44.9 Å². The third-order valence-corrected chi connectivity index (χ3v) is 6.02. The lowest BCUT2D eigenvalue weighted by Crippen LogP contribution is -2.37. The number of allylic oxidation sites excluding steroid dienone is 2. The highest BCUT2D eigenvalue weighted by molar-refractivity contribution is 5.76. The summed E-state index contributed by atoms with van der Waals surface area (Å²) >= 11 is 0. The molecule has 0 rings (SSSR count). The molecule has 0 saturated heterocycles. The van der Waals surface area contributed by atoms with E-state index in [4.69, 9.17) is 5.21 Å². The van der Waals surface area contributed by atoms with E-state index in [2.05, 4.69) is 43.9 Å². The largest absolute Gasteiger partial charge is 0.356 e. The van der Waals surface area contributed by atoms with Crippen LogP contribution in [-0.4, -0.2) is 80.9 Å². The molecule has 0 atom stereocenters. The van der Waals surface area contributed by atoms with Crippen molar-refractivity contribution in [2.45, 2.75) is 103 Å². The smallest absolute Gasteiger partial charge is 0.219 e. The van der Waals surface area contributed by atoms with E-state index in [1.165, 1.54) is 38.5 Å². The van der Waals surface area contributed by atoms with Crippen LogP contribution in [0.5, 0.6) is 0 Å². The third kappa shape index (κ3) is 28.7. The van der Waals surface area contributed by atoms with Crippen molar-refractivity contribution in [2.75, 3.05) is 54.4 Å². The van der Waals surface area contributed by atoms with Crippen molar-refractivity contribution in [3.8, 4) is 0 Å². The van der Waals surface area contributed by atoms with Gasteiger partial charge in [0.1, 0.15) is 0 Å². The van der Waals surface area contributed by atoms with Crippen LogP contribution >= 0.6 is 0 Å². The number of nitrogens with zero attached hydrogens (tertiary/aromatic N) is 2. The van der Waals surface area contributed by atoms with Crippen molar-refractivity contribution in [2.24, 2.45) is 0 Å². The fourth-order valence-corrected chi connectivity index (χ4v) is 3.89. The van der Waals surface area contributed by atoms with Crippen LogP contribution < -0.4 is 10.6 Å². The van der Waals surface area contributed by atoms with Crippen molar-refractivity contribution < 1.29 is 19.3 Å². The molecule has 0 aromatic heterocycles. The Hall–Kier alpha value is -1.44. The molecule has 0 radical (unpaired) electrons. The Morgan fingerprint density at radius 2 is 1.11 bits per heavy atom. The Kier molecular flexibility index (Phi) is 22.0. The predicted molar refractivity (Wildman–Crippen MR) is 146 cm³/mol. The zero-order valence-corrected chi connectivity index (χ0v) is 23.5. The summed E-state index contributed by atoms with van der Waals surface area (Å²) in [6.07, 6.45) is 21.7. The second-order valence-corrected chi connectivity index (χ2v) is 10.9. The van der Waals surface area contributed by atoms with E-state index in [-0.39, 0.29) is 11.8 Å². The molecule has 0 aliphatic heterocycles. The summed E-state index contributed by atoms with van der Waals surface area (Å²) in [7, 11) is 8.14. The van der Waals surface area contributed by atoms with Crippen LogP contribution in [0.25, 0.3) is 0 Å². The molecule has 0 fully saturated rings. The van der Waals surface area contributed by atoms with E-state index in [0.717, 1.165) is 74.0 Å². The minimum absolute atomic E-state index is 0.126. The third-order valence-electron chi connectivity index (χ3n) is 6.02. The summed E-state index contributed by atoms with van der Waals surface area (Å²) in [4.78, 5) is 23.5. The number of carbonyl (C=O) groups is 2. The minimum Gasteiger partial charge on any atom is -0.356 e. The lowest BCUT2D eigenvalue weighted by atomic mass is 10.1. The van der Waals surface area contributed by atoms with E-state index in [1.54, 1.807) is 7.05 Å². The number of amides is 2. The Balaban J connectivity index is 3.31. The standard InChI is InChI=1S/C28H56N4O3/c1-31(35)25-19-23-29-27(33)21-17-15-13-11-9-7-5-6-8-10-12-14-16-18-22-28(34)30-24-20-26-32(2,3)4/h5-6,35H,7-26H2,1-4H3,(H-,29,30,33,34)/p+1/b6-5+. The van der Waals surface area contributed by atoms with Crippen LogP contribution in [0, 0.1) is 0 Å².